The van der Waals surface area contributed by atoms with Crippen molar-refractivity contribution in [3.8, 4) is 0 Å². The SMILES string of the molecule is CC(C)C(C)Sc1ccc(C(=O)N(C)C)cc1N. The number of nitrogen functional groups attached to an aromatic ring is 1. The van der Waals surface area contributed by atoms with Gasteiger partial charge in [0.2, 0.25) is 0 Å². The smallest absolute Gasteiger partial charge is 0.253 e. The van der Waals surface area contributed by atoms with E-state index in [9.17, 15) is 4.79 Å². The number of nitrogens with two attached hydrogens (primary N) is 1. The molecule has 0 saturated heterocycles. The second-order valence-corrected chi connectivity index (χ2v) is 6.44. The number of rotatable bonds is 4. The van der Waals surface area contributed by atoms with Gasteiger partial charge in [-0.3, -0.25) is 4.79 Å². The maximum absolute atomic E-state index is 11.8. The predicted molar refractivity (Wildman–Crippen MR) is 79.0 cm³/mol. The van der Waals surface area contributed by atoms with Gasteiger partial charge in [-0.15, -0.1) is 11.8 Å². The fraction of sp³-hybridized carbons (Fsp3) is 0.500. The Kier molecular flexibility index (Phi) is 5.08. The van der Waals surface area contributed by atoms with E-state index in [-0.39, 0.29) is 5.91 Å². The third-order valence-electron chi connectivity index (χ3n) is 2.91. The molecule has 0 aliphatic carbocycles. The van der Waals surface area contributed by atoms with Crippen LogP contribution >= 0.6 is 11.8 Å². The van der Waals surface area contributed by atoms with Crippen LogP contribution < -0.4 is 5.73 Å². The van der Waals surface area contributed by atoms with Crippen LogP contribution in [0.15, 0.2) is 23.1 Å². The van der Waals surface area contributed by atoms with Gasteiger partial charge in [0.05, 0.1) is 0 Å². The first-order valence-corrected chi connectivity index (χ1v) is 6.98. The van der Waals surface area contributed by atoms with E-state index in [1.807, 2.05) is 12.1 Å². The second-order valence-electron chi connectivity index (χ2n) is 5.02. The van der Waals surface area contributed by atoms with Crippen molar-refractivity contribution in [3.63, 3.8) is 0 Å². The lowest BCUT2D eigenvalue weighted by Gasteiger charge is -2.17. The molecular weight excluding hydrogens is 244 g/mol. The summed E-state index contributed by atoms with van der Waals surface area (Å²) in [5.74, 6) is 0.577. The number of carbonyl (C=O) groups is 1. The Morgan fingerprint density at radius 2 is 1.89 bits per heavy atom. The van der Waals surface area contributed by atoms with Crippen molar-refractivity contribution in [2.24, 2.45) is 5.92 Å². The Hall–Kier alpha value is -1.16. The van der Waals surface area contributed by atoms with Gasteiger partial charge >= 0.3 is 0 Å². The minimum atomic E-state index is -0.0184. The van der Waals surface area contributed by atoms with E-state index in [1.54, 1.807) is 36.8 Å². The number of thioether (sulfide) groups is 1. The fourth-order valence-electron chi connectivity index (χ4n) is 1.38. The highest BCUT2D eigenvalue weighted by Crippen LogP contribution is 2.32. The average Bonchev–Trinajstić information content (AvgIpc) is 2.30. The van der Waals surface area contributed by atoms with Crippen LogP contribution in [0.2, 0.25) is 0 Å². The monoisotopic (exact) mass is 266 g/mol. The molecule has 18 heavy (non-hydrogen) atoms. The summed E-state index contributed by atoms with van der Waals surface area (Å²) >= 11 is 1.76. The van der Waals surface area contributed by atoms with Crippen molar-refractivity contribution in [2.75, 3.05) is 19.8 Å². The number of carbonyl (C=O) groups excluding carboxylic acids is 1. The Balaban J connectivity index is 2.90. The molecule has 0 radical (unpaired) electrons. The van der Waals surface area contributed by atoms with Gasteiger partial charge in [0, 0.05) is 35.5 Å². The number of anilines is 1. The molecule has 0 heterocycles. The van der Waals surface area contributed by atoms with E-state index in [1.165, 1.54) is 0 Å². The normalized spacial score (nSPS) is 12.6. The highest BCUT2D eigenvalue weighted by Gasteiger charge is 2.13. The number of nitrogens with zero attached hydrogens (tertiary/aromatic N) is 1. The van der Waals surface area contributed by atoms with Crippen LogP contribution in [0.1, 0.15) is 31.1 Å². The molecule has 100 valence electrons. The summed E-state index contributed by atoms with van der Waals surface area (Å²) < 4.78 is 0. The van der Waals surface area contributed by atoms with Crippen molar-refractivity contribution in [3.05, 3.63) is 23.8 Å². The highest BCUT2D eigenvalue weighted by molar-refractivity contribution is 8.00. The first-order valence-electron chi connectivity index (χ1n) is 6.10. The Morgan fingerprint density at radius 3 is 2.33 bits per heavy atom. The number of hydrogen-bond donors (Lipinski definition) is 1. The zero-order chi connectivity index (χ0) is 13.9. The molecule has 1 atom stereocenters. The quantitative estimate of drug-likeness (QED) is 0.673. The summed E-state index contributed by atoms with van der Waals surface area (Å²) in [7, 11) is 3.48. The van der Waals surface area contributed by atoms with Gasteiger partial charge < -0.3 is 10.6 Å². The lowest BCUT2D eigenvalue weighted by Crippen LogP contribution is -2.21. The fourth-order valence-corrected chi connectivity index (χ4v) is 2.40. The molecule has 1 amide bonds. The summed E-state index contributed by atoms with van der Waals surface area (Å²) in [5, 5.41) is 0.503. The molecule has 1 rings (SSSR count). The van der Waals surface area contributed by atoms with Crippen molar-refractivity contribution in [1.29, 1.82) is 0 Å². The van der Waals surface area contributed by atoms with Crippen molar-refractivity contribution < 1.29 is 4.79 Å². The summed E-state index contributed by atoms with van der Waals surface area (Å²) in [6, 6.07) is 5.54. The summed E-state index contributed by atoms with van der Waals surface area (Å²) in [6.45, 7) is 6.57. The standard InChI is InChI=1S/C14H22N2OS/c1-9(2)10(3)18-13-7-6-11(8-12(13)15)14(17)16(4)5/h6-10H,15H2,1-5H3. The Morgan fingerprint density at radius 1 is 1.28 bits per heavy atom. The van der Waals surface area contributed by atoms with Gasteiger partial charge in [0.1, 0.15) is 0 Å². The largest absolute Gasteiger partial charge is 0.398 e. The minimum absolute atomic E-state index is 0.0184. The average molecular weight is 266 g/mol. The van der Waals surface area contributed by atoms with Crippen LogP contribution in [-0.2, 0) is 0 Å². The lowest BCUT2D eigenvalue weighted by atomic mass is 10.1. The van der Waals surface area contributed by atoms with Gasteiger partial charge in [0.25, 0.3) is 5.91 Å². The Bertz CT molecular complexity index is 430. The van der Waals surface area contributed by atoms with Crippen LogP contribution in [-0.4, -0.2) is 30.2 Å². The van der Waals surface area contributed by atoms with Crippen LogP contribution in [0.25, 0.3) is 0 Å². The first-order chi connectivity index (χ1) is 8.32. The minimum Gasteiger partial charge on any atom is -0.398 e. The molecule has 0 aliphatic rings. The molecule has 0 fully saturated rings. The molecule has 2 N–H and O–H groups in total. The molecule has 0 aromatic heterocycles. The van der Waals surface area contributed by atoms with Crippen LogP contribution in [0, 0.1) is 5.92 Å². The number of hydrogen-bond acceptors (Lipinski definition) is 3. The molecule has 0 saturated carbocycles. The van der Waals surface area contributed by atoms with Gasteiger partial charge in [-0.2, -0.15) is 0 Å². The molecule has 1 unspecified atom stereocenters. The summed E-state index contributed by atoms with van der Waals surface area (Å²) in [6.07, 6.45) is 0. The zero-order valence-electron chi connectivity index (χ0n) is 11.7. The Labute approximate surface area is 114 Å². The van der Waals surface area contributed by atoms with Gasteiger partial charge in [-0.1, -0.05) is 20.8 Å². The zero-order valence-corrected chi connectivity index (χ0v) is 12.5. The van der Waals surface area contributed by atoms with E-state index < -0.39 is 0 Å². The highest BCUT2D eigenvalue weighted by atomic mass is 32.2. The molecule has 0 spiro atoms. The van der Waals surface area contributed by atoms with Crippen molar-refractivity contribution in [2.45, 2.75) is 30.9 Å². The number of amides is 1. The maximum Gasteiger partial charge on any atom is 0.253 e. The topological polar surface area (TPSA) is 46.3 Å². The van der Waals surface area contributed by atoms with Crippen molar-refractivity contribution >= 4 is 23.4 Å². The molecule has 1 aromatic rings. The van der Waals surface area contributed by atoms with Crippen LogP contribution in [0.4, 0.5) is 5.69 Å². The van der Waals surface area contributed by atoms with E-state index in [4.69, 9.17) is 5.73 Å². The van der Waals surface area contributed by atoms with E-state index >= 15 is 0 Å². The molecular formula is C14H22N2OS. The first kappa shape index (κ1) is 14.9. The predicted octanol–water partition coefficient (Wildman–Crippen LogP) is 3.11. The van der Waals surface area contributed by atoms with E-state index in [2.05, 4.69) is 20.8 Å². The van der Waals surface area contributed by atoms with Gasteiger partial charge in [-0.05, 0) is 24.1 Å². The van der Waals surface area contributed by atoms with Crippen LogP contribution in [0.3, 0.4) is 0 Å². The maximum atomic E-state index is 11.8. The summed E-state index contributed by atoms with van der Waals surface area (Å²) in [5.41, 5.74) is 7.33. The molecule has 1 aromatic carbocycles. The molecule has 0 bridgehead atoms. The number of benzene rings is 1. The molecule has 4 heteroatoms. The third-order valence-corrected chi connectivity index (χ3v) is 4.46. The van der Waals surface area contributed by atoms with E-state index in [0.717, 1.165) is 4.90 Å². The lowest BCUT2D eigenvalue weighted by molar-refractivity contribution is 0.0827. The van der Waals surface area contributed by atoms with Crippen molar-refractivity contribution in [1.82, 2.24) is 4.90 Å². The third kappa shape index (κ3) is 3.67. The molecule has 0 aliphatic heterocycles. The summed E-state index contributed by atoms with van der Waals surface area (Å²) in [4.78, 5) is 14.4. The van der Waals surface area contributed by atoms with E-state index in [0.29, 0.717) is 22.4 Å². The second kappa shape index (κ2) is 6.14. The van der Waals surface area contributed by atoms with Gasteiger partial charge in [0.15, 0.2) is 0 Å². The van der Waals surface area contributed by atoms with Gasteiger partial charge in [-0.25, -0.2) is 0 Å². The molecule has 3 nitrogen and oxygen atoms in total. The van der Waals surface area contributed by atoms with Crippen LogP contribution in [0.5, 0.6) is 0 Å².